The van der Waals surface area contributed by atoms with Gasteiger partial charge in [0.15, 0.2) is 0 Å². The summed E-state index contributed by atoms with van der Waals surface area (Å²) in [5.74, 6) is 0. The monoisotopic (exact) mass is 920 g/mol. The summed E-state index contributed by atoms with van der Waals surface area (Å²) in [4.78, 5) is 0. The molecule has 0 unspecified atom stereocenters. The Morgan fingerprint density at radius 3 is 1.12 bits per heavy atom. The molecule has 310 valence electrons. The van der Waals surface area contributed by atoms with E-state index in [-0.39, 0.29) is 0 Å². The first kappa shape index (κ1) is 42.6. The Kier molecular flexibility index (Phi) is 14.6. The van der Waals surface area contributed by atoms with Crippen molar-refractivity contribution < 1.29 is 0 Å². The van der Waals surface area contributed by atoms with Crippen molar-refractivity contribution in [1.82, 2.24) is 9.13 Å². The van der Waals surface area contributed by atoms with Gasteiger partial charge in [-0.1, -0.05) is 164 Å². The minimum Gasteiger partial charge on any atom is -0.308 e. The van der Waals surface area contributed by atoms with Gasteiger partial charge in [-0.3, -0.25) is 0 Å². The first-order valence-electron chi connectivity index (χ1n) is 23.2. The summed E-state index contributed by atoms with van der Waals surface area (Å²) >= 11 is 7.86. The van der Waals surface area contributed by atoms with E-state index in [4.69, 9.17) is 0 Å². The van der Waals surface area contributed by atoms with Crippen LogP contribution < -0.4 is 0 Å². The molecule has 2 aromatic heterocycles. The lowest BCUT2D eigenvalue weighted by atomic mass is 10.0. The molecule has 0 fully saturated rings. The Morgan fingerprint density at radius 1 is 0.367 bits per heavy atom. The highest BCUT2D eigenvalue weighted by Crippen LogP contribution is 2.39. The molecule has 0 saturated heterocycles. The third-order valence-corrected chi connectivity index (χ3v) is 14.1. The SMILES string of the molecule is CCCCCCCCCCc1ccc2c(c1)c1cccc(Br)c1n2-c1ccc(-c2ccc(-n3c4ccc(CCCCCCCCCC)cc4c4cccc(Br)c43)cc2)cc1. The van der Waals surface area contributed by atoms with E-state index in [9.17, 15) is 0 Å². The van der Waals surface area contributed by atoms with Crippen LogP contribution >= 0.6 is 31.9 Å². The van der Waals surface area contributed by atoms with Crippen LogP contribution in [0.15, 0.2) is 130 Å². The van der Waals surface area contributed by atoms with Gasteiger partial charge in [0.05, 0.1) is 22.1 Å². The predicted octanol–water partition coefficient (Wildman–Crippen LogP) is 18.4. The molecule has 0 spiro atoms. The number of rotatable bonds is 21. The Bertz CT molecular complexity index is 2460. The summed E-state index contributed by atoms with van der Waals surface area (Å²) in [6.45, 7) is 4.59. The molecule has 4 heteroatoms. The number of nitrogens with zero attached hydrogens (tertiary/aromatic N) is 2. The van der Waals surface area contributed by atoms with Crippen molar-refractivity contribution in [2.75, 3.05) is 0 Å². The predicted molar refractivity (Wildman–Crippen MR) is 269 cm³/mol. The standard InChI is InChI=1S/C56H62Br2N2/c1-3-5-7-9-11-13-15-17-21-41-27-37-53-49(39-41)47-23-19-25-51(57)55(47)59(53)45-33-29-43(30-34-45)44-31-35-46(36-32-44)60-54-38-28-42(22-18-16-14-12-10-8-6-4-2)40-50(54)48-24-20-26-52(58)56(48)60/h19-20,23-40H,3-18,21-22H2,1-2H3. The summed E-state index contributed by atoms with van der Waals surface area (Å²) in [5, 5.41) is 5.26. The quantitative estimate of drug-likeness (QED) is 0.0636. The van der Waals surface area contributed by atoms with Crippen molar-refractivity contribution in [1.29, 1.82) is 0 Å². The fourth-order valence-corrected chi connectivity index (χ4v) is 10.6. The second kappa shape index (κ2) is 20.6. The smallest absolute Gasteiger partial charge is 0.0683 e. The second-order valence-electron chi connectivity index (χ2n) is 17.2. The maximum Gasteiger partial charge on any atom is 0.0683 e. The molecular weight excluding hydrogens is 860 g/mol. The van der Waals surface area contributed by atoms with Gasteiger partial charge >= 0.3 is 0 Å². The van der Waals surface area contributed by atoms with Crippen molar-refractivity contribution in [3.63, 3.8) is 0 Å². The maximum atomic E-state index is 3.93. The van der Waals surface area contributed by atoms with Crippen LogP contribution in [0.5, 0.6) is 0 Å². The topological polar surface area (TPSA) is 9.86 Å². The molecule has 0 N–H and O–H groups in total. The average molecular weight is 923 g/mol. The number of benzene rings is 6. The van der Waals surface area contributed by atoms with Gasteiger partial charge < -0.3 is 9.13 Å². The Morgan fingerprint density at radius 2 is 0.733 bits per heavy atom. The molecule has 6 aromatic carbocycles. The fourth-order valence-electron chi connectivity index (χ4n) is 9.53. The Hall–Kier alpha value is -4.12. The lowest BCUT2D eigenvalue weighted by molar-refractivity contribution is 0.575. The summed E-state index contributed by atoms with van der Waals surface area (Å²) < 4.78 is 7.11. The van der Waals surface area contributed by atoms with Crippen LogP contribution in [0.3, 0.4) is 0 Å². The number of halogens is 2. The minimum atomic E-state index is 1.12. The van der Waals surface area contributed by atoms with Crippen LogP contribution in [-0.4, -0.2) is 9.13 Å². The van der Waals surface area contributed by atoms with Crippen LogP contribution in [0, 0.1) is 0 Å². The van der Waals surface area contributed by atoms with E-state index in [2.05, 4.69) is 176 Å². The molecule has 8 aromatic rings. The Balaban J connectivity index is 1.00. The number of fused-ring (bicyclic) bond motifs is 6. The van der Waals surface area contributed by atoms with Gasteiger partial charge in [-0.05, 0) is 140 Å². The van der Waals surface area contributed by atoms with Crippen LogP contribution in [-0.2, 0) is 12.8 Å². The molecule has 2 heterocycles. The number of hydrogen-bond donors (Lipinski definition) is 0. The summed E-state index contributed by atoms with van der Waals surface area (Å²) in [5.41, 5.74) is 12.6. The first-order chi connectivity index (χ1) is 29.6. The number of aryl methyl sites for hydroxylation is 2. The van der Waals surface area contributed by atoms with Gasteiger partial charge in [-0.25, -0.2) is 0 Å². The van der Waals surface area contributed by atoms with E-state index < -0.39 is 0 Å². The zero-order valence-corrected chi connectivity index (χ0v) is 39.1. The molecule has 60 heavy (non-hydrogen) atoms. The van der Waals surface area contributed by atoms with Gasteiger partial charge in [-0.15, -0.1) is 0 Å². The molecule has 0 saturated carbocycles. The molecule has 0 amide bonds. The molecule has 8 rings (SSSR count). The van der Waals surface area contributed by atoms with Gasteiger partial charge in [-0.2, -0.15) is 0 Å². The molecule has 0 aliphatic carbocycles. The molecule has 0 aliphatic rings. The molecule has 0 aliphatic heterocycles. The highest BCUT2D eigenvalue weighted by atomic mass is 79.9. The van der Waals surface area contributed by atoms with E-state index in [1.165, 1.54) is 180 Å². The second-order valence-corrected chi connectivity index (χ2v) is 18.9. The number of aromatic nitrogens is 2. The Labute approximate surface area is 375 Å². The van der Waals surface area contributed by atoms with E-state index in [1.54, 1.807) is 0 Å². The highest BCUT2D eigenvalue weighted by molar-refractivity contribution is 9.11. The summed E-state index contributed by atoms with van der Waals surface area (Å²) in [6.07, 6.45) is 23.9. The molecule has 0 atom stereocenters. The lowest BCUT2D eigenvalue weighted by Crippen LogP contribution is -1.96. The summed E-state index contributed by atoms with van der Waals surface area (Å²) in [7, 11) is 0. The van der Waals surface area contributed by atoms with E-state index in [0.29, 0.717) is 0 Å². The van der Waals surface area contributed by atoms with Gasteiger partial charge in [0.2, 0.25) is 0 Å². The number of hydrogen-bond acceptors (Lipinski definition) is 0. The van der Waals surface area contributed by atoms with Crippen molar-refractivity contribution >= 4 is 75.5 Å². The van der Waals surface area contributed by atoms with Crippen LogP contribution in [0.4, 0.5) is 0 Å². The van der Waals surface area contributed by atoms with E-state index >= 15 is 0 Å². The lowest BCUT2D eigenvalue weighted by Gasteiger charge is -2.12. The number of unbranched alkanes of at least 4 members (excludes halogenated alkanes) is 14. The highest BCUT2D eigenvalue weighted by Gasteiger charge is 2.17. The van der Waals surface area contributed by atoms with Crippen molar-refractivity contribution in [3.8, 4) is 22.5 Å². The zero-order valence-electron chi connectivity index (χ0n) is 35.9. The van der Waals surface area contributed by atoms with Gasteiger partial charge in [0.1, 0.15) is 0 Å². The molecule has 0 radical (unpaired) electrons. The van der Waals surface area contributed by atoms with Crippen LogP contribution in [0.25, 0.3) is 66.1 Å². The zero-order chi connectivity index (χ0) is 41.3. The average Bonchev–Trinajstić information content (AvgIpc) is 3.79. The van der Waals surface area contributed by atoms with Gasteiger partial charge in [0, 0.05) is 41.9 Å². The minimum absolute atomic E-state index is 1.12. The third-order valence-electron chi connectivity index (χ3n) is 12.8. The van der Waals surface area contributed by atoms with Crippen molar-refractivity contribution in [3.05, 3.63) is 141 Å². The van der Waals surface area contributed by atoms with E-state index in [0.717, 1.165) is 21.8 Å². The maximum absolute atomic E-state index is 3.93. The van der Waals surface area contributed by atoms with Gasteiger partial charge in [0.25, 0.3) is 0 Å². The molecule has 2 nitrogen and oxygen atoms in total. The molecule has 0 bridgehead atoms. The third kappa shape index (κ3) is 9.51. The number of para-hydroxylation sites is 2. The fraction of sp³-hybridized carbons (Fsp3) is 0.357. The molecular formula is C56H62Br2N2. The van der Waals surface area contributed by atoms with Crippen molar-refractivity contribution in [2.45, 2.75) is 129 Å². The normalized spacial score (nSPS) is 11.9. The van der Waals surface area contributed by atoms with Crippen molar-refractivity contribution in [2.24, 2.45) is 0 Å². The summed E-state index contributed by atoms with van der Waals surface area (Å²) in [6, 6.07) is 45.8. The largest absolute Gasteiger partial charge is 0.308 e. The van der Waals surface area contributed by atoms with E-state index in [1.807, 2.05) is 0 Å². The van der Waals surface area contributed by atoms with Crippen LogP contribution in [0.2, 0.25) is 0 Å². The first-order valence-corrected chi connectivity index (χ1v) is 24.8. The van der Waals surface area contributed by atoms with Crippen LogP contribution in [0.1, 0.15) is 128 Å².